The predicted octanol–water partition coefficient (Wildman–Crippen LogP) is 3.83. The summed E-state index contributed by atoms with van der Waals surface area (Å²) in [6.07, 6.45) is -0.221. The molecule has 0 aliphatic carbocycles. The first-order valence-electron chi connectivity index (χ1n) is 15.4. The summed E-state index contributed by atoms with van der Waals surface area (Å²) in [5.74, 6) is -0.674. The number of nitrogens with one attached hydrogen (secondary N) is 1. The van der Waals surface area contributed by atoms with E-state index in [1.54, 1.807) is 34.1 Å². The second-order valence-corrected chi connectivity index (χ2v) is 17.0. The van der Waals surface area contributed by atoms with Gasteiger partial charge in [0.1, 0.15) is 5.75 Å². The maximum absolute atomic E-state index is 14.0. The van der Waals surface area contributed by atoms with E-state index < -0.39 is 31.5 Å². The van der Waals surface area contributed by atoms with Crippen LogP contribution in [-0.4, -0.2) is 66.2 Å². The fraction of sp³-hybridized carbons (Fsp3) is 0.382. The lowest BCUT2D eigenvalue weighted by Gasteiger charge is -2.37. The first-order chi connectivity index (χ1) is 21.5. The van der Waals surface area contributed by atoms with E-state index in [2.05, 4.69) is 5.32 Å². The lowest BCUT2D eigenvalue weighted by molar-refractivity contribution is -0.149. The highest BCUT2D eigenvalue weighted by Gasteiger charge is 2.65. The Kier molecular flexibility index (Phi) is 7.12. The molecular formula is C34H37N3O7Si. The number of aliphatic hydroxyl groups is 1. The highest BCUT2D eigenvalue weighted by atomic mass is 28.4. The molecule has 4 heterocycles. The van der Waals surface area contributed by atoms with Gasteiger partial charge in [0.2, 0.25) is 5.91 Å². The van der Waals surface area contributed by atoms with Gasteiger partial charge in [0.15, 0.2) is 20.5 Å². The van der Waals surface area contributed by atoms with Gasteiger partial charge >= 0.3 is 0 Å². The summed E-state index contributed by atoms with van der Waals surface area (Å²) in [6.45, 7) is 5.63. The van der Waals surface area contributed by atoms with Crippen molar-refractivity contribution in [3.63, 3.8) is 0 Å². The first kappa shape index (κ1) is 29.7. The minimum absolute atomic E-state index is 0.0377. The maximum Gasteiger partial charge on any atom is 0.269 e. The molecule has 1 spiro atoms. The van der Waals surface area contributed by atoms with Gasteiger partial charge in [-0.1, -0.05) is 43.3 Å². The van der Waals surface area contributed by atoms with Crippen LogP contribution in [0.1, 0.15) is 30.0 Å². The summed E-state index contributed by atoms with van der Waals surface area (Å²) in [4.78, 5) is 55.9. The molecule has 0 unspecified atom stereocenters. The summed E-state index contributed by atoms with van der Waals surface area (Å²) in [5.41, 5.74) is 2.56. The van der Waals surface area contributed by atoms with Crippen molar-refractivity contribution in [1.29, 1.82) is 0 Å². The number of carbonyl (C=O) groups excluding carboxylic acids is 3. The minimum atomic E-state index is -3.00. The SMILES string of the molecule is C[C@H]1[C@H]([Si](C)(C)O)[C@@H](CC(=O)N2Cc3ccccc3C[C@H]2CO)O[C@]12C(=O)Nc1ccc(N3C(=O)COc4ccccc43)cc12. The van der Waals surface area contributed by atoms with Gasteiger partial charge in [0, 0.05) is 34.9 Å². The molecular weight excluding hydrogens is 590 g/mol. The van der Waals surface area contributed by atoms with Gasteiger partial charge in [-0.15, -0.1) is 0 Å². The van der Waals surface area contributed by atoms with Crippen LogP contribution in [0.5, 0.6) is 5.75 Å². The van der Waals surface area contributed by atoms with E-state index in [9.17, 15) is 24.3 Å². The number of para-hydroxylation sites is 2. The lowest BCUT2D eigenvalue weighted by Crippen LogP contribution is -2.48. The topological polar surface area (TPSA) is 129 Å². The number of hydrogen-bond donors (Lipinski definition) is 3. The molecule has 3 aromatic carbocycles. The van der Waals surface area contributed by atoms with Crippen molar-refractivity contribution < 1.29 is 33.8 Å². The number of fused-ring (bicyclic) bond motifs is 4. The summed E-state index contributed by atoms with van der Waals surface area (Å²) in [6, 6.07) is 20.2. The number of hydrogen-bond acceptors (Lipinski definition) is 7. The van der Waals surface area contributed by atoms with E-state index in [1.165, 1.54) is 0 Å². The fourth-order valence-electron chi connectivity index (χ4n) is 7.94. The predicted molar refractivity (Wildman–Crippen MR) is 170 cm³/mol. The highest BCUT2D eigenvalue weighted by Crippen LogP contribution is 2.59. The number of ether oxygens (including phenoxy) is 2. The molecule has 11 heteroatoms. The third kappa shape index (κ3) is 4.68. The quantitative estimate of drug-likeness (QED) is 0.367. The molecule has 0 bridgehead atoms. The average Bonchev–Trinajstić information content (AvgIpc) is 3.48. The zero-order valence-electron chi connectivity index (χ0n) is 25.5. The third-order valence-electron chi connectivity index (χ3n) is 9.95. The first-order valence-corrected chi connectivity index (χ1v) is 18.4. The molecule has 234 valence electrons. The number of aliphatic hydroxyl groups excluding tert-OH is 1. The van der Waals surface area contributed by atoms with E-state index in [0.717, 1.165) is 11.1 Å². The number of nitrogens with zero attached hydrogens (tertiary/aromatic N) is 2. The molecule has 45 heavy (non-hydrogen) atoms. The van der Waals surface area contributed by atoms with Crippen molar-refractivity contribution in [3.8, 4) is 5.75 Å². The smallest absolute Gasteiger partial charge is 0.269 e. The van der Waals surface area contributed by atoms with E-state index in [0.29, 0.717) is 41.3 Å². The van der Waals surface area contributed by atoms with Crippen LogP contribution in [0.4, 0.5) is 17.1 Å². The van der Waals surface area contributed by atoms with E-state index in [4.69, 9.17) is 9.47 Å². The molecule has 7 rings (SSSR count). The number of anilines is 3. The van der Waals surface area contributed by atoms with Crippen LogP contribution in [0.15, 0.2) is 66.7 Å². The van der Waals surface area contributed by atoms with Crippen molar-refractivity contribution in [1.82, 2.24) is 4.90 Å². The average molecular weight is 628 g/mol. The molecule has 3 aromatic rings. The molecule has 0 saturated carbocycles. The van der Waals surface area contributed by atoms with Crippen LogP contribution in [-0.2, 0) is 37.7 Å². The molecule has 3 amide bonds. The minimum Gasteiger partial charge on any atom is -0.482 e. The van der Waals surface area contributed by atoms with Gasteiger partial charge in [0.25, 0.3) is 11.8 Å². The Morgan fingerprint density at radius 2 is 1.80 bits per heavy atom. The Labute approximate surface area is 262 Å². The Morgan fingerprint density at radius 1 is 1.07 bits per heavy atom. The Bertz CT molecular complexity index is 1710. The highest BCUT2D eigenvalue weighted by molar-refractivity contribution is 6.71. The zero-order chi connectivity index (χ0) is 31.7. The van der Waals surface area contributed by atoms with Crippen LogP contribution in [0.3, 0.4) is 0 Å². The number of carbonyl (C=O) groups is 3. The van der Waals surface area contributed by atoms with Gasteiger partial charge in [-0.05, 0) is 61.0 Å². The normalized spacial score (nSPS) is 27.1. The van der Waals surface area contributed by atoms with Gasteiger partial charge < -0.3 is 29.6 Å². The molecule has 5 atom stereocenters. The summed E-state index contributed by atoms with van der Waals surface area (Å²) in [7, 11) is -3.00. The van der Waals surface area contributed by atoms with E-state index in [1.807, 2.05) is 62.5 Å². The standard InChI is InChI=1S/C34H37N3O7Si/c1-20-32(45(2,3)42)29(16-30(39)36-17-22-9-5-4-8-21(22)14-24(36)18-38)44-34(20)25-15-23(12-13-26(25)35-33(34)41)37-27-10-6-7-11-28(27)43-19-31(37)40/h4-13,15,20,24,29,32,38,42H,14,16-19H2,1-3H3,(H,35,41)/t20-,24-,29+,32-,34+/m0/s1. The third-order valence-corrected chi connectivity index (χ3v) is 12.5. The van der Waals surface area contributed by atoms with E-state index >= 15 is 0 Å². The van der Waals surface area contributed by atoms with Gasteiger partial charge in [-0.3, -0.25) is 19.3 Å². The molecule has 1 fully saturated rings. The summed E-state index contributed by atoms with van der Waals surface area (Å²) < 4.78 is 12.4. The van der Waals surface area contributed by atoms with Crippen molar-refractivity contribution in [2.45, 2.75) is 62.7 Å². The summed E-state index contributed by atoms with van der Waals surface area (Å²) >= 11 is 0. The van der Waals surface area contributed by atoms with Crippen molar-refractivity contribution in [2.75, 3.05) is 23.4 Å². The molecule has 4 aliphatic rings. The van der Waals surface area contributed by atoms with Crippen LogP contribution < -0.4 is 15.0 Å². The fourth-order valence-corrected chi connectivity index (χ4v) is 10.5. The Balaban J connectivity index is 1.24. The number of benzene rings is 3. The largest absolute Gasteiger partial charge is 0.482 e. The number of amides is 3. The molecule has 1 saturated heterocycles. The molecule has 0 aromatic heterocycles. The van der Waals surface area contributed by atoms with Crippen LogP contribution in [0.2, 0.25) is 18.6 Å². The Morgan fingerprint density at radius 3 is 2.56 bits per heavy atom. The maximum atomic E-state index is 14.0. The second-order valence-electron chi connectivity index (χ2n) is 13.1. The van der Waals surface area contributed by atoms with Gasteiger partial charge in [0.05, 0.1) is 30.9 Å². The van der Waals surface area contributed by atoms with Crippen molar-refractivity contribution >= 4 is 43.1 Å². The molecule has 10 nitrogen and oxygen atoms in total. The van der Waals surface area contributed by atoms with Crippen molar-refractivity contribution in [3.05, 3.63) is 83.4 Å². The Hall–Kier alpha value is -4.03. The number of rotatable bonds is 5. The van der Waals surface area contributed by atoms with Crippen LogP contribution in [0.25, 0.3) is 0 Å². The van der Waals surface area contributed by atoms with Crippen molar-refractivity contribution in [2.24, 2.45) is 5.92 Å². The monoisotopic (exact) mass is 627 g/mol. The zero-order valence-corrected chi connectivity index (χ0v) is 26.5. The van der Waals surface area contributed by atoms with Crippen LogP contribution >= 0.6 is 0 Å². The second kappa shape index (κ2) is 10.8. The molecule has 0 radical (unpaired) electrons. The molecule has 3 N–H and O–H groups in total. The van der Waals surface area contributed by atoms with E-state index in [-0.39, 0.29) is 43.4 Å². The lowest BCUT2D eigenvalue weighted by atomic mass is 9.82. The summed E-state index contributed by atoms with van der Waals surface area (Å²) in [5, 5.41) is 13.2. The molecule has 4 aliphatic heterocycles. The van der Waals surface area contributed by atoms with Gasteiger partial charge in [-0.2, -0.15) is 0 Å². The van der Waals surface area contributed by atoms with Crippen LogP contribution in [0, 0.1) is 5.92 Å². The van der Waals surface area contributed by atoms with Gasteiger partial charge in [-0.25, -0.2) is 0 Å².